The summed E-state index contributed by atoms with van der Waals surface area (Å²) in [6, 6.07) is 7.73. The van der Waals surface area contributed by atoms with Gasteiger partial charge in [0.05, 0.1) is 0 Å². The van der Waals surface area contributed by atoms with Crippen molar-refractivity contribution in [3.63, 3.8) is 0 Å². The molecule has 1 amide bonds. The molecule has 4 N–H and O–H groups in total. The number of carbonyl (C=O) groups is 1. The number of carbonyl (C=O) groups excluding carboxylic acids is 1. The van der Waals surface area contributed by atoms with Crippen molar-refractivity contribution in [2.75, 3.05) is 12.0 Å². The zero-order valence-electron chi connectivity index (χ0n) is 12.3. The number of hydrazine groups is 1. The number of hydrogen-bond donors (Lipinski definition) is 3. The van der Waals surface area contributed by atoms with Crippen LogP contribution in [0.15, 0.2) is 30.3 Å². The largest absolute Gasteiger partial charge is 0.444 e. The highest BCUT2D eigenvalue weighted by atomic mass is 16.6. The van der Waals surface area contributed by atoms with Gasteiger partial charge in [-0.3, -0.25) is 5.84 Å². The number of anilines is 1. The molecule has 0 aliphatic heterocycles. The molecule has 0 unspecified atom stereocenters. The molecule has 0 aromatic heterocycles. The quantitative estimate of drug-likeness (QED) is 0.439. The fraction of sp³-hybridized carbons (Fsp3) is 0.400. The average molecular weight is 277 g/mol. The predicted octanol–water partition coefficient (Wildman–Crippen LogP) is 2.90. The summed E-state index contributed by atoms with van der Waals surface area (Å²) in [5.41, 5.74) is 4.07. The average Bonchev–Trinajstić information content (AvgIpc) is 2.37. The first-order valence-corrected chi connectivity index (χ1v) is 6.61. The molecule has 0 saturated heterocycles. The maximum absolute atomic E-state index is 11.4. The SMILES string of the molecule is CC(C)(C)OC(=O)NCCC=Cc1ccc(NN)cc1. The summed E-state index contributed by atoms with van der Waals surface area (Å²) >= 11 is 0. The maximum Gasteiger partial charge on any atom is 0.407 e. The third-order valence-corrected chi connectivity index (χ3v) is 2.37. The summed E-state index contributed by atoms with van der Waals surface area (Å²) < 4.78 is 5.14. The Bertz CT molecular complexity index is 447. The second kappa shape index (κ2) is 7.55. The van der Waals surface area contributed by atoms with Crippen LogP contribution in [0.4, 0.5) is 10.5 Å². The lowest BCUT2D eigenvalue weighted by Gasteiger charge is -2.19. The minimum absolute atomic E-state index is 0.385. The Balaban J connectivity index is 2.26. The Morgan fingerprint density at radius 1 is 1.30 bits per heavy atom. The molecule has 0 spiro atoms. The van der Waals surface area contributed by atoms with Crippen molar-refractivity contribution in [3.8, 4) is 0 Å². The van der Waals surface area contributed by atoms with E-state index in [1.165, 1.54) is 0 Å². The van der Waals surface area contributed by atoms with Crippen molar-refractivity contribution in [1.82, 2.24) is 5.32 Å². The number of nitrogen functional groups attached to an aromatic ring is 1. The number of nitrogens with one attached hydrogen (secondary N) is 2. The van der Waals surface area contributed by atoms with E-state index < -0.39 is 5.60 Å². The van der Waals surface area contributed by atoms with Crippen molar-refractivity contribution < 1.29 is 9.53 Å². The lowest BCUT2D eigenvalue weighted by molar-refractivity contribution is 0.0529. The van der Waals surface area contributed by atoms with Gasteiger partial charge < -0.3 is 15.5 Å². The molecule has 0 bridgehead atoms. The van der Waals surface area contributed by atoms with Crippen LogP contribution in [0.2, 0.25) is 0 Å². The summed E-state index contributed by atoms with van der Waals surface area (Å²) in [5.74, 6) is 5.29. The highest BCUT2D eigenvalue weighted by Crippen LogP contribution is 2.09. The van der Waals surface area contributed by atoms with Crippen LogP contribution in [-0.2, 0) is 4.74 Å². The standard InChI is InChI=1S/C15H23N3O2/c1-15(2,3)20-14(19)17-11-5-4-6-12-7-9-13(18-16)10-8-12/h4,6-10,18H,5,11,16H2,1-3H3,(H,17,19). The number of nitrogens with two attached hydrogens (primary N) is 1. The van der Waals surface area contributed by atoms with Gasteiger partial charge in [0.25, 0.3) is 0 Å². The van der Waals surface area contributed by atoms with Crippen molar-refractivity contribution in [3.05, 3.63) is 35.9 Å². The summed E-state index contributed by atoms with van der Waals surface area (Å²) in [5, 5.41) is 2.70. The van der Waals surface area contributed by atoms with E-state index in [0.29, 0.717) is 6.54 Å². The van der Waals surface area contributed by atoms with E-state index >= 15 is 0 Å². The summed E-state index contributed by atoms with van der Waals surface area (Å²) in [7, 11) is 0. The topological polar surface area (TPSA) is 76.4 Å². The van der Waals surface area contributed by atoms with Crippen LogP contribution < -0.4 is 16.6 Å². The van der Waals surface area contributed by atoms with E-state index in [1.54, 1.807) is 0 Å². The summed E-state index contributed by atoms with van der Waals surface area (Å²) in [6.45, 7) is 6.07. The molecule has 1 rings (SSSR count). The number of ether oxygens (including phenoxy) is 1. The fourth-order valence-corrected chi connectivity index (χ4v) is 1.48. The number of hydrogen-bond acceptors (Lipinski definition) is 4. The van der Waals surface area contributed by atoms with Gasteiger partial charge in [0.15, 0.2) is 0 Å². The van der Waals surface area contributed by atoms with Crippen LogP contribution in [-0.4, -0.2) is 18.2 Å². The van der Waals surface area contributed by atoms with Gasteiger partial charge in [0, 0.05) is 12.2 Å². The molecule has 0 heterocycles. The van der Waals surface area contributed by atoms with Gasteiger partial charge in [-0.2, -0.15) is 0 Å². The first-order valence-electron chi connectivity index (χ1n) is 6.61. The first-order chi connectivity index (χ1) is 9.40. The van der Waals surface area contributed by atoms with Crippen molar-refractivity contribution in [2.24, 2.45) is 5.84 Å². The summed E-state index contributed by atoms with van der Waals surface area (Å²) in [6.07, 6.45) is 4.36. The predicted molar refractivity (Wildman–Crippen MR) is 82.1 cm³/mol. The smallest absolute Gasteiger partial charge is 0.407 e. The molecule has 20 heavy (non-hydrogen) atoms. The van der Waals surface area contributed by atoms with Crippen LogP contribution in [0.3, 0.4) is 0 Å². The molecule has 5 heteroatoms. The molecule has 1 aromatic rings. The Morgan fingerprint density at radius 3 is 2.50 bits per heavy atom. The minimum Gasteiger partial charge on any atom is -0.444 e. The van der Waals surface area contributed by atoms with Gasteiger partial charge in [-0.25, -0.2) is 4.79 Å². The molecule has 0 atom stereocenters. The Morgan fingerprint density at radius 2 is 1.95 bits per heavy atom. The van der Waals surface area contributed by atoms with E-state index in [4.69, 9.17) is 10.6 Å². The van der Waals surface area contributed by atoms with Crippen molar-refractivity contribution in [1.29, 1.82) is 0 Å². The summed E-state index contributed by atoms with van der Waals surface area (Å²) in [4.78, 5) is 11.4. The number of alkyl carbamates (subject to hydrolysis) is 1. The monoisotopic (exact) mass is 277 g/mol. The molecule has 0 saturated carbocycles. The normalized spacial score (nSPS) is 11.4. The number of benzene rings is 1. The zero-order valence-corrected chi connectivity index (χ0v) is 12.3. The van der Waals surface area contributed by atoms with E-state index in [1.807, 2.05) is 57.2 Å². The first kappa shape index (κ1) is 16.0. The van der Waals surface area contributed by atoms with Gasteiger partial charge in [-0.05, 0) is 44.9 Å². The highest BCUT2D eigenvalue weighted by molar-refractivity contribution is 5.67. The molecule has 110 valence electrons. The van der Waals surface area contributed by atoms with Gasteiger partial charge >= 0.3 is 6.09 Å². The van der Waals surface area contributed by atoms with Gasteiger partial charge in [-0.1, -0.05) is 24.3 Å². The lowest BCUT2D eigenvalue weighted by Crippen LogP contribution is -2.32. The highest BCUT2D eigenvalue weighted by Gasteiger charge is 2.14. The zero-order chi connectivity index (χ0) is 15.0. The maximum atomic E-state index is 11.4. The van der Waals surface area contributed by atoms with Gasteiger partial charge in [-0.15, -0.1) is 0 Å². The third-order valence-electron chi connectivity index (χ3n) is 2.37. The van der Waals surface area contributed by atoms with Gasteiger partial charge in [0.2, 0.25) is 0 Å². The Kier molecular flexibility index (Phi) is 6.06. The minimum atomic E-state index is -0.460. The van der Waals surface area contributed by atoms with Crippen LogP contribution >= 0.6 is 0 Å². The van der Waals surface area contributed by atoms with Crippen LogP contribution in [0.25, 0.3) is 6.08 Å². The Labute approximate surface area is 120 Å². The van der Waals surface area contributed by atoms with E-state index in [-0.39, 0.29) is 6.09 Å². The van der Waals surface area contributed by atoms with E-state index in [9.17, 15) is 4.79 Å². The van der Waals surface area contributed by atoms with E-state index in [2.05, 4.69) is 10.7 Å². The molecule has 5 nitrogen and oxygen atoms in total. The molecule has 0 fully saturated rings. The molecule has 0 aliphatic rings. The van der Waals surface area contributed by atoms with Gasteiger partial charge in [0.1, 0.15) is 5.60 Å². The van der Waals surface area contributed by atoms with Crippen LogP contribution in [0, 0.1) is 0 Å². The second-order valence-corrected chi connectivity index (χ2v) is 5.39. The number of amides is 1. The molecule has 0 aliphatic carbocycles. The number of rotatable bonds is 5. The molecular weight excluding hydrogens is 254 g/mol. The third kappa shape index (κ3) is 6.80. The van der Waals surface area contributed by atoms with Crippen molar-refractivity contribution >= 4 is 17.9 Å². The Hall–Kier alpha value is -2.01. The van der Waals surface area contributed by atoms with Crippen molar-refractivity contribution in [2.45, 2.75) is 32.8 Å². The molecule has 0 radical (unpaired) electrons. The fourth-order valence-electron chi connectivity index (χ4n) is 1.48. The van der Waals surface area contributed by atoms with Crippen LogP contribution in [0.5, 0.6) is 0 Å². The van der Waals surface area contributed by atoms with E-state index in [0.717, 1.165) is 17.7 Å². The van der Waals surface area contributed by atoms with Crippen LogP contribution in [0.1, 0.15) is 32.8 Å². The second-order valence-electron chi connectivity index (χ2n) is 5.39. The lowest BCUT2D eigenvalue weighted by atomic mass is 10.2. The molecular formula is C15H23N3O2. The molecule has 1 aromatic carbocycles.